The van der Waals surface area contributed by atoms with Crippen LogP contribution in [0.5, 0.6) is 11.5 Å². The van der Waals surface area contributed by atoms with Gasteiger partial charge in [-0.1, -0.05) is 31.9 Å². The molecule has 0 unspecified atom stereocenters. The number of benzene rings is 3. The van der Waals surface area contributed by atoms with Crippen LogP contribution in [-0.2, 0) is 6.42 Å². The summed E-state index contributed by atoms with van der Waals surface area (Å²) in [4.78, 5) is 12.4. The van der Waals surface area contributed by atoms with Gasteiger partial charge in [0.15, 0.2) is 17.4 Å². The van der Waals surface area contributed by atoms with Crippen LogP contribution in [0.4, 0.5) is 17.6 Å². The van der Waals surface area contributed by atoms with Crippen molar-refractivity contribution in [2.45, 2.75) is 39.2 Å². The van der Waals surface area contributed by atoms with Crippen molar-refractivity contribution in [1.82, 2.24) is 0 Å². The molecule has 0 aliphatic carbocycles. The third kappa shape index (κ3) is 5.09. The predicted molar refractivity (Wildman–Crippen MR) is 105 cm³/mol. The molecule has 30 heavy (non-hydrogen) atoms. The SMILES string of the molecule is CCCCCc1ccc(C(=O)Oc2ccc3c(F)c(OC(F)F)c(F)cc3c2)cc1. The molecule has 0 aliphatic heterocycles. The Bertz CT molecular complexity index is 1030. The fourth-order valence-electron chi connectivity index (χ4n) is 3.10. The predicted octanol–water partition coefficient (Wildman–Crippen LogP) is 6.67. The highest BCUT2D eigenvalue weighted by molar-refractivity contribution is 5.92. The Kier molecular flexibility index (Phi) is 6.92. The van der Waals surface area contributed by atoms with E-state index in [4.69, 9.17) is 4.74 Å². The summed E-state index contributed by atoms with van der Waals surface area (Å²) in [5.74, 6) is -4.22. The number of esters is 1. The van der Waals surface area contributed by atoms with Crippen molar-refractivity contribution < 1.29 is 31.8 Å². The lowest BCUT2D eigenvalue weighted by Gasteiger charge is -2.11. The molecule has 0 N–H and O–H groups in total. The summed E-state index contributed by atoms with van der Waals surface area (Å²) in [5, 5.41) is -0.0912. The molecule has 0 heterocycles. The van der Waals surface area contributed by atoms with Crippen LogP contribution in [0.2, 0.25) is 0 Å². The molecular formula is C23H20F4O3. The van der Waals surface area contributed by atoms with Crippen LogP contribution in [0, 0.1) is 11.6 Å². The summed E-state index contributed by atoms with van der Waals surface area (Å²) in [7, 11) is 0. The summed E-state index contributed by atoms with van der Waals surface area (Å²) in [6.45, 7) is -1.23. The van der Waals surface area contributed by atoms with E-state index in [1.54, 1.807) is 12.1 Å². The summed E-state index contributed by atoms with van der Waals surface area (Å²) >= 11 is 0. The van der Waals surface area contributed by atoms with Crippen molar-refractivity contribution in [2.24, 2.45) is 0 Å². The molecule has 0 fully saturated rings. The number of halogens is 4. The maximum absolute atomic E-state index is 14.3. The first-order chi connectivity index (χ1) is 14.4. The number of unbranched alkanes of at least 4 members (excludes halogenated alkanes) is 2. The first-order valence-corrected chi connectivity index (χ1v) is 9.56. The second kappa shape index (κ2) is 9.61. The van der Waals surface area contributed by atoms with Gasteiger partial charge in [0.2, 0.25) is 0 Å². The lowest BCUT2D eigenvalue weighted by molar-refractivity contribution is -0.0544. The van der Waals surface area contributed by atoms with E-state index < -0.39 is 30.0 Å². The Balaban J connectivity index is 1.76. The minimum absolute atomic E-state index is 0.0446. The van der Waals surface area contributed by atoms with E-state index in [1.807, 2.05) is 12.1 Å². The average Bonchev–Trinajstić information content (AvgIpc) is 2.71. The molecule has 0 aliphatic rings. The quantitative estimate of drug-likeness (QED) is 0.177. The zero-order valence-corrected chi connectivity index (χ0v) is 16.3. The first kappa shape index (κ1) is 21.6. The van der Waals surface area contributed by atoms with Crippen molar-refractivity contribution in [1.29, 1.82) is 0 Å². The number of rotatable bonds is 8. The maximum Gasteiger partial charge on any atom is 0.387 e. The lowest BCUT2D eigenvalue weighted by Crippen LogP contribution is -2.09. The molecule has 3 aromatic rings. The topological polar surface area (TPSA) is 35.5 Å². The van der Waals surface area contributed by atoms with Gasteiger partial charge in [0.1, 0.15) is 5.75 Å². The number of carbonyl (C=O) groups excluding carboxylic acids is 1. The average molecular weight is 420 g/mol. The maximum atomic E-state index is 14.3. The van der Waals surface area contributed by atoms with Gasteiger partial charge in [0.25, 0.3) is 0 Å². The van der Waals surface area contributed by atoms with Gasteiger partial charge in [-0.15, -0.1) is 0 Å². The Hall–Kier alpha value is -3.09. The molecule has 3 aromatic carbocycles. The van der Waals surface area contributed by atoms with Crippen molar-refractivity contribution in [3.05, 3.63) is 71.3 Å². The van der Waals surface area contributed by atoms with E-state index in [9.17, 15) is 22.4 Å². The van der Waals surface area contributed by atoms with E-state index in [1.165, 1.54) is 18.2 Å². The Morgan fingerprint density at radius 3 is 2.40 bits per heavy atom. The normalized spacial score (nSPS) is 11.1. The summed E-state index contributed by atoms with van der Waals surface area (Å²) < 4.78 is 62.1. The van der Waals surface area contributed by atoms with Crippen LogP contribution in [0.15, 0.2) is 48.5 Å². The van der Waals surface area contributed by atoms with Crippen LogP contribution in [0.3, 0.4) is 0 Å². The zero-order chi connectivity index (χ0) is 21.7. The number of hydrogen-bond acceptors (Lipinski definition) is 3. The van der Waals surface area contributed by atoms with Gasteiger partial charge in [-0.25, -0.2) is 13.6 Å². The van der Waals surface area contributed by atoms with E-state index in [0.29, 0.717) is 5.56 Å². The molecule has 0 radical (unpaired) electrons. The molecule has 0 amide bonds. The van der Waals surface area contributed by atoms with Crippen molar-refractivity contribution in [3.63, 3.8) is 0 Å². The Morgan fingerprint density at radius 1 is 1.00 bits per heavy atom. The van der Waals surface area contributed by atoms with Crippen LogP contribution < -0.4 is 9.47 Å². The third-order valence-electron chi connectivity index (χ3n) is 4.63. The second-order valence-corrected chi connectivity index (χ2v) is 6.81. The summed E-state index contributed by atoms with van der Waals surface area (Å²) in [5.41, 5.74) is 1.46. The van der Waals surface area contributed by atoms with Crippen molar-refractivity contribution >= 4 is 16.7 Å². The number of alkyl halides is 2. The molecule has 158 valence electrons. The fourth-order valence-corrected chi connectivity index (χ4v) is 3.10. The smallest absolute Gasteiger partial charge is 0.387 e. The molecule has 0 spiro atoms. The van der Waals surface area contributed by atoms with Gasteiger partial charge in [-0.3, -0.25) is 0 Å². The van der Waals surface area contributed by atoms with Gasteiger partial charge in [-0.2, -0.15) is 8.78 Å². The summed E-state index contributed by atoms with van der Waals surface area (Å²) in [6, 6.07) is 11.7. The second-order valence-electron chi connectivity index (χ2n) is 6.81. The Morgan fingerprint density at radius 2 is 1.73 bits per heavy atom. The van der Waals surface area contributed by atoms with Gasteiger partial charge < -0.3 is 9.47 Å². The number of hydrogen-bond donors (Lipinski definition) is 0. The minimum Gasteiger partial charge on any atom is -0.429 e. The van der Waals surface area contributed by atoms with E-state index in [0.717, 1.165) is 37.3 Å². The lowest BCUT2D eigenvalue weighted by atomic mass is 10.1. The van der Waals surface area contributed by atoms with Gasteiger partial charge in [0, 0.05) is 5.39 Å². The molecule has 0 saturated heterocycles. The molecule has 3 rings (SSSR count). The third-order valence-corrected chi connectivity index (χ3v) is 4.63. The number of carbonyl (C=O) groups is 1. The largest absolute Gasteiger partial charge is 0.429 e. The van der Waals surface area contributed by atoms with Crippen LogP contribution >= 0.6 is 0 Å². The number of fused-ring (bicyclic) bond motifs is 1. The molecule has 0 aromatic heterocycles. The van der Waals surface area contributed by atoms with E-state index in [-0.39, 0.29) is 16.5 Å². The van der Waals surface area contributed by atoms with Crippen LogP contribution in [0.25, 0.3) is 10.8 Å². The van der Waals surface area contributed by atoms with Gasteiger partial charge >= 0.3 is 12.6 Å². The van der Waals surface area contributed by atoms with E-state index >= 15 is 0 Å². The van der Waals surface area contributed by atoms with Crippen LogP contribution in [-0.4, -0.2) is 12.6 Å². The van der Waals surface area contributed by atoms with Crippen molar-refractivity contribution in [2.75, 3.05) is 0 Å². The standard InChI is InChI=1S/C23H20F4O3/c1-2-3-4-5-14-6-8-15(9-7-14)22(28)29-17-10-11-18-16(12-17)13-19(24)21(20(18)25)30-23(26)27/h6-13,23H,2-5H2,1H3. The zero-order valence-electron chi connectivity index (χ0n) is 16.3. The highest BCUT2D eigenvalue weighted by Gasteiger charge is 2.19. The van der Waals surface area contributed by atoms with E-state index in [2.05, 4.69) is 11.7 Å². The fraction of sp³-hybridized carbons (Fsp3) is 0.261. The number of ether oxygens (including phenoxy) is 2. The minimum atomic E-state index is -3.36. The first-order valence-electron chi connectivity index (χ1n) is 9.56. The monoisotopic (exact) mass is 420 g/mol. The summed E-state index contributed by atoms with van der Waals surface area (Å²) in [6.07, 6.45) is 4.28. The Labute approximate surface area is 171 Å². The molecule has 0 atom stereocenters. The van der Waals surface area contributed by atoms with Crippen molar-refractivity contribution in [3.8, 4) is 11.5 Å². The molecule has 7 heteroatoms. The molecular weight excluding hydrogens is 400 g/mol. The van der Waals surface area contributed by atoms with Gasteiger partial charge in [0.05, 0.1) is 5.56 Å². The highest BCUT2D eigenvalue weighted by Crippen LogP contribution is 2.33. The highest BCUT2D eigenvalue weighted by atomic mass is 19.3. The van der Waals surface area contributed by atoms with Gasteiger partial charge in [-0.05, 0) is 60.2 Å². The number of aryl methyl sites for hydroxylation is 1. The molecule has 3 nitrogen and oxygen atoms in total. The molecule has 0 saturated carbocycles. The molecule has 0 bridgehead atoms. The van der Waals surface area contributed by atoms with Crippen LogP contribution in [0.1, 0.15) is 42.1 Å².